The van der Waals surface area contributed by atoms with Crippen LogP contribution in [0.2, 0.25) is 0 Å². The summed E-state index contributed by atoms with van der Waals surface area (Å²) in [5.74, 6) is -0.145. The first-order valence-electron chi connectivity index (χ1n) is 10.2. The minimum absolute atomic E-state index is 0.145. The minimum Gasteiger partial charge on any atom is -0.376 e. The lowest BCUT2D eigenvalue weighted by molar-refractivity contribution is -0.788. The number of aryl methyl sites for hydroxylation is 1. The minimum atomic E-state index is -1.24. The molecular weight excluding hydrogens is 442 g/mol. The fourth-order valence-corrected chi connectivity index (χ4v) is 4.99. The molecule has 2 unspecified atom stereocenters. The van der Waals surface area contributed by atoms with Crippen LogP contribution in [0.1, 0.15) is 43.5 Å². The van der Waals surface area contributed by atoms with Crippen LogP contribution in [-0.4, -0.2) is 45.3 Å². The SMILES string of the molecule is CCc1cccc2c3c([nH]c12)C(CC)(CC(=O)SCC(CO[N+](=O)[O-])O[N+](=O)[O-])COC3. The van der Waals surface area contributed by atoms with Crippen molar-refractivity contribution < 1.29 is 29.4 Å². The average molecular weight is 468 g/mol. The number of para-hydroxylation sites is 1. The highest BCUT2D eigenvalue weighted by atomic mass is 32.2. The van der Waals surface area contributed by atoms with Gasteiger partial charge in [0.2, 0.25) is 0 Å². The zero-order chi connectivity index (χ0) is 23.3. The van der Waals surface area contributed by atoms with Crippen LogP contribution in [0.5, 0.6) is 0 Å². The zero-order valence-corrected chi connectivity index (χ0v) is 18.6. The summed E-state index contributed by atoms with van der Waals surface area (Å²) in [6.45, 7) is 4.28. The van der Waals surface area contributed by atoms with E-state index in [9.17, 15) is 25.0 Å². The molecular formula is C20H25N3O8S. The first-order chi connectivity index (χ1) is 15.3. The standard InChI is InChI=1S/C20H25N3O8S/c1-3-13-6-5-7-15-16-10-29-12-20(4-2,19(16)21-18(13)15)8-17(24)32-11-14(31-23(27)28)9-30-22(25)26/h5-7,14,21H,3-4,8-12H2,1-2H3. The molecule has 3 rings (SSSR count). The van der Waals surface area contributed by atoms with E-state index < -0.39 is 28.3 Å². The van der Waals surface area contributed by atoms with E-state index in [4.69, 9.17) is 4.74 Å². The van der Waals surface area contributed by atoms with Gasteiger partial charge in [0.15, 0.2) is 5.12 Å². The van der Waals surface area contributed by atoms with Crippen LogP contribution in [0.25, 0.3) is 10.9 Å². The molecule has 1 aromatic carbocycles. The molecule has 0 saturated heterocycles. The first-order valence-corrected chi connectivity index (χ1v) is 11.2. The smallest absolute Gasteiger partial charge is 0.294 e. The largest absolute Gasteiger partial charge is 0.376 e. The van der Waals surface area contributed by atoms with Crippen molar-refractivity contribution in [1.82, 2.24) is 4.98 Å². The van der Waals surface area contributed by atoms with E-state index in [0.717, 1.165) is 40.3 Å². The Balaban J connectivity index is 1.78. The van der Waals surface area contributed by atoms with Gasteiger partial charge in [-0.15, -0.1) is 20.2 Å². The van der Waals surface area contributed by atoms with Gasteiger partial charge in [0.1, 0.15) is 12.7 Å². The Bertz CT molecular complexity index is 1010. The van der Waals surface area contributed by atoms with E-state index in [2.05, 4.69) is 27.6 Å². The maximum atomic E-state index is 12.8. The third kappa shape index (κ3) is 5.13. The Hall–Kier alpha value is -2.86. The van der Waals surface area contributed by atoms with Gasteiger partial charge >= 0.3 is 0 Å². The normalized spacial score (nSPS) is 18.7. The molecule has 0 amide bonds. The number of hydrogen-bond donors (Lipinski definition) is 1. The molecule has 11 nitrogen and oxygen atoms in total. The Kier molecular flexibility index (Phi) is 7.56. The van der Waals surface area contributed by atoms with Gasteiger partial charge in [-0.1, -0.05) is 43.8 Å². The third-order valence-electron chi connectivity index (χ3n) is 5.75. The van der Waals surface area contributed by atoms with E-state index in [1.807, 2.05) is 19.1 Å². The molecule has 0 saturated carbocycles. The molecule has 2 atom stereocenters. The number of nitrogens with zero attached hydrogens (tertiary/aromatic N) is 2. The van der Waals surface area contributed by atoms with Crippen molar-refractivity contribution >= 4 is 27.8 Å². The summed E-state index contributed by atoms with van der Waals surface area (Å²) in [6.07, 6.45) is 0.437. The number of hydrogen-bond acceptors (Lipinski definition) is 9. The lowest BCUT2D eigenvalue weighted by Gasteiger charge is -2.36. The van der Waals surface area contributed by atoms with Crippen molar-refractivity contribution in [2.24, 2.45) is 0 Å². The number of thioether (sulfide) groups is 1. The lowest BCUT2D eigenvalue weighted by atomic mass is 9.77. The van der Waals surface area contributed by atoms with E-state index in [1.54, 1.807) is 0 Å². The third-order valence-corrected chi connectivity index (χ3v) is 6.76. The van der Waals surface area contributed by atoms with Crippen molar-refractivity contribution in [3.05, 3.63) is 55.2 Å². The molecule has 32 heavy (non-hydrogen) atoms. The van der Waals surface area contributed by atoms with Crippen molar-refractivity contribution in [3.63, 3.8) is 0 Å². The van der Waals surface area contributed by atoms with Crippen molar-refractivity contribution in [1.29, 1.82) is 0 Å². The number of aromatic amines is 1. The van der Waals surface area contributed by atoms with Gasteiger partial charge in [0.25, 0.3) is 10.2 Å². The molecule has 0 radical (unpaired) electrons. The Morgan fingerprint density at radius 1 is 1.31 bits per heavy atom. The van der Waals surface area contributed by atoms with Crippen LogP contribution in [0.15, 0.2) is 18.2 Å². The predicted molar refractivity (Wildman–Crippen MR) is 116 cm³/mol. The number of aromatic nitrogens is 1. The summed E-state index contributed by atoms with van der Waals surface area (Å²) >= 11 is 0.835. The van der Waals surface area contributed by atoms with Crippen LogP contribution in [0.3, 0.4) is 0 Å². The van der Waals surface area contributed by atoms with Crippen LogP contribution < -0.4 is 0 Å². The number of fused-ring (bicyclic) bond motifs is 3. The van der Waals surface area contributed by atoms with Crippen LogP contribution in [-0.2, 0) is 37.6 Å². The Labute approximate surface area is 188 Å². The molecule has 2 heterocycles. The van der Waals surface area contributed by atoms with E-state index >= 15 is 0 Å². The highest BCUT2D eigenvalue weighted by Crippen LogP contribution is 2.42. The van der Waals surface area contributed by atoms with E-state index in [0.29, 0.717) is 19.6 Å². The summed E-state index contributed by atoms with van der Waals surface area (Å²) in [7, 11) is 0. The number of H-pyrrole nitrogens is 1. The topological polar surface area (TPSA) is 147 Å². The maximum Gasteiger partial charge on any atom is 0.294 e. The fraction of sp³-hybridized carbons (Fsp3) is 0.550. The van der Waals surface area contributed by atoms with Gasteiger partial charge in [-0.05, 0) is 18.4 Å². The highest BCUT2D eigenvalue weighted by molar-refractivity contribution is 8.13. The van der Waals surface area contributed by atoms with Gasteiger partial charge in [-0.3, -0.25) is 4.79 Å². The molecule has 1 aliphatic rings. The Morgan fingerprint density at radius 3 is 2.75 bits per heavy atom. The summed E-state index contributed by atoms with van der Waals surface area (Å²) in [6, 6.07) is 6.13. The van der Waals surface area contributed by atoms with Gasteiger partial charge in [-0.2, -0.15) is 0 Å². The number of ether oxygens (including phenoxy) is 1. The monoisotopic (exact) mass is 467 g/mol. The number of carbonyl (C=O) groups is 1. The van der Waals surface area contributed by atoms with Gasteiger partial charge in [-0.25, -0.2) is 0 Å². The maximum absolute atomic E-state index is 12.8. The number of rotatable bonds is 11. The van der Waals surface area contributed by atoms with Crippen LogP contribution in [0.4, 0.5) is 0 Å². The number of nitrogens with one attached hydrogen (secondary N) is 1. The molecule has 0 fully saturated rings. The average Bonchev–Trinajstić information content (AvgIpc) is 3.15. The quantitative estimate of drug-likeness (QED) is 0.388. The highest BCUT2D eigenvalue weighted by Gasteiger charge is 2.40. The molecule has 1 aromatic heterocycles. The predicted octanol–water partition coefficient (Wildman–Crippen LogP) is 3.34. The molecule has 1 aliphatic heterocycles. The zero-order valence-electron chi connectivity index (χ0n) is 17.8. The van der Waals surface area contributed by atoms with Crippen molar-refractivity contribution in [2.45, 2.75) is 51.2 Å². The second kappa shape index (κ2) is 10.2. The number of carbonyl (C=O) groups excluding carboxylic acids is 1. The van der Waals surface area contributed by atoms with Crippen LogP contribution >= 0.6 is 11.8 Å². The van der Waals surface area contributed by atoms with E-state index in [1.165, 1.54) is 5.56 Å². The molecule has 12 heteroatoms. The fourth-order valence-electron chi connectivity index (χ4n) is 4.08. The van der Waals surface area contributed by atoms with E-state index in [-0.39, 0.29) is 17.3 Å². The molecule has 0 bridgehead atoms. The van der Waals surface area contributed by atoms with Gasteiger partial charge in [0.05, 0.1) is 13.2 Å². The summed E-state index contributed by atoms with van der Waals surface area (Å²) in [5.41, 5.74) is 3.73. The summed E-state index contributed by atoms with van der Waals surface area (Å²) in [4.78, 5) is 46.0. The summed E-state index contributed by atoms with van der Waals surface area (Å²) < 4.78 is 5.90. The van der Waals surface area contributed by atoms with Crippen LogP contribution in [0, 0.1) is 20.2 Å². The van der Waals surface area contributed by atoms with Crippen molar-refractivity contribution in [2.75, 3.05) is 19.0 Å². The van der Waals surface area contributed by atoms with Crippen molar-refractivity contribution in [3.8, 4) is 0 Å². The molecule has 0 aliphatic carbocycles. The molecule has 2 aromatic rings. The van der Waals surface area contributed by atoms with Gasteiger partial charge < -0.3 is 19.4 Å². The first kappa shape index (κ1) is 23.8. The second-order valence-electron chi connectivity index (χ2n) is 7.63. The number of benzene rings is 1. The second-order valence-corrected chi connectivity index (χ2v) is 8.71. The lowest BCUT2D eigenvalue weighted by Crippen LogP contribution is -2.38. The summed E-state index contributed by atoms with van der Waals surface area (Å²) in [5, 5.41) is 19.8. The molecule has 1 N–H and O–H groups in total. The Morgan fingerprint density at radius 2 is 2.09 bits per heavy atom. The molecule has 0 spiro atoms. The van der Waals surface area contributed by atoms with Gasteiger partial charge in [0, 0.05) is 39.7 Å². The molecule has 174 valence electrons.